The molecule has 6 aromatic rings. The lowest BCUT2D eigenvalue weighted by atomic mass is 10.00. The van der Waals surface area contributed by atoms with E-state index in [0.29, 0.717) is 22.5 Å². The van der Waals surface area contributed by atoms with Crippen LogP contribution in [-0.2, 0) is 9.84 Å². The van der Waals surface area contributed by atoms with Gasteiger partial charge in [0.1, 0.15) is 4.90 Å². The highest BCUT2D eigenvalue weighted by Gasteiger charge is 2.42. The molecule has 0 radical (unpaired) electrons. The van der Waals surface area contributed by atoms with E-state index in [2.05, 4.69) is 95.6 Å². The molecule has 2 heterocycles. The van der Waals surface area contributed by atoms with Crippen LogP contribution in [0.15, 0.2) is 134 Å². The first-order valence-electron chi connectivity index (χ1n) is 16.4. The van der Waals surface area contributed by atoms with Gasteiger partial charge in [-0.25, -0.2) is 18.2 Å². The highest BCUT2D eigenvalue weighted by atomic mass is 79.9. The van der Waals surface area contributed by atoms with Crippen molar-refractivity contribution >= 4 is 152 Å². The van der Waals surface area contributed by atoms with Crippen LogP contribution >= 0.6 is 95.6 Å². The Labute approximate surface area is 375 Å². The van der Waals surface area contributed by atoms with E-state index in [4.69, 9.17) is 11.5 Å². The molecule has 0 fully saturated rings. The number of hydrogen-bond donors (Lipinski definition) is 2. The number of amides is 4. The fraction of sp³-hybridized carbons (Fsp3) is 0. The fourth-order valence-electron chi connectivity index (χ4n) is 6.66. The van der Waals surface area contributed by atoms with E-state index in [1.54, 1.807) is 60.7 Å². The number of carbonyl (C=O) groups is 4. The van der Waals surface area contributed by atoms with Crippen LogP contribution in [-0.4, -0.2) is 32.0 Å². The van der Waals surface area contributed by atoms with Gasteiger partial charge < -0.3 is 11.5 Å². The first-order valence-corrected chi connectivity index (χ1v) is 22.6. The van der Waals surface area contributed by atoms with Gasteiger partial charge in [-0.1, -0.05) is 36.4 Å². The van der Waals surface area contributed by atoms with Gasteiger partial charge in [0.2, 0.25) is 9.84 Å². The summed E-state index contributed by atoms with van der Waals surface area (Å²) < 4.78 is 29.5. The van der Waals surface area contributed by atoms with Gasteiger partial charge in [-0.05, 0) is 178 Å². The van der Waals surface area contributed by atoms with Gasteiger partial charge in [-0.15, -0.1) is 0 Å². The molecule has 0 saturated carbocycles. The van der Waals surface area contributed by atoms with Gasteiger partial charge in [-0.3, -0.25) is 19.2 Å². The average molecular weight is 1160 g/mol. The van der Waals surface area contributed by atoms with Crippen molar-refractivity contribution in [3.05, 3.63) is 146 Å². The van der Waals surface area contributed by atoms with Crippen molar-refractivity contribution in [1.29, 1.82) is 0 Å². The van der Waals surface area contributed by atoms with Gasteiger partial charge in [0, 0.05) is 20.3 Å². The smallest absolute Gasteiger partial charge is 0.266 e. The number of nitrogen functional groups attached to an aromatic ring is 2. The number of halogens is 6. The minimum Gasteiger partial charge on any atom is -0.399 e. The van der Waals surface area contributed by atoms with Crippen molar-refractivity contribution in [1.82, 2.24) is 0 Å². The number of anilines is 4. The van der Waals surface area contributed by atoms with Crippen LogP contribution in [0.5, 0.6) is 0 Å². The second kappa shape index (κ2) is 14.7. The van der Waals surface area contributed by atoms with E-state index in [-0.39, 0.29) is 70.3 Å². The summed E-state index contributed by atoms with van der Waals surface area (Å²) in [5, 5.41) is 0. The summed E-state index contributed by atoms with van der Waals surface area (Å²) in [6.45, 7) is 0. The van der Waals surface area contributed by atoms with Crippen molar-refractivity contribution in [3.8, 4) is 22.3 Å². The standard InChI is InChI=1S/C40H20Br6N4O6S/c41-27-16-30(32(44)33(45)35(27)50-38(52)24-12-6-20(14-26(24)40(50)54)18-3-9-22(48)10-4-18)57(55,56)36-28(42)15-29(31(43)34(36)46)49-37(51)23-11-5-19(13-25(23)39(49)53)17-1-7-21(47)8-2-17/h1-16H,47-48H2. The van der Waals surface area contributed by atoms with Crippen LogP contribution in [0.3, 0.4) is 0 Å². The molecule has 0 aromatic heterocycles. The zero-order valence-corrected chi connectivity index (χ0v) is 38.7. The first kappa shape index (κ1) is 39.8. The molecule has 4 amide bonds. The van der Waals surface area contributed by atoms with Crippen LogP contribution in [0.25, 0.3) is 22.3 Å². The molecule has 0 atom stereocenters. The predicted molar refractivity (Wildman–Crippen MR) is 239 cm³/mol. The zero-order chi connectivity index (χ0) is 40.8. The molecule has 284 valence electrons. The Kier molecular flexibility index (Phi) is 10.3. The normalized spacial score (nSPS) is 13.8. The molecule has 4 N–H and O–H groups in total. The molecule has 57 heavy (non-hydrogen) atoms. The number of carbonyl (C=O) groups excluding carboxylic acids is 4. The number of sulfone groups is 1. The number of nitrogens with zero attached hydrogens (tertiary/aromatic N) is 2. The lowest BCUT2D eigenvalue weighted by molar-refractivity contribution is 0.0910. The number of fused-ring (bicyclic) bond motifs is 2. The Morgan fingerprint density at radius 2 is 0.877 bits per heavy atom. The maximum absolute atomic E-state index is 14.6. The second-order valence-corrected chi connectivity index (χ2v) is 19.6. The Bertz CT molecular complexity index is 2940. The van der Waals surface area contributed by atoms with Crippen LogP contribution in [0.2, 0.25) is 0 Å². The van der Waals surface area contributed by atoms with Crippen molar-refractivity contribution < 1.29 is 27.6 Å². The fourth-order valence-corrected chi connectivity index (χ4v) is 13.8. The number of hydrogen-bond acceptors (Lipinski definition) is 8. The molecule has 10 nitrogen and oxygen atoms in total. The summed E-state index contributed by atoms with van der Waals surface area (Å²) in [5.74, 6) is -2.38. The van der Waals surface area contributed by atoms with Crippen molar-refractivity contribution in [2.24, 2.45) is 0 Å². The number of nitrogens with two attached hydrogens (primary N) is 2. The molecule has 6 aromatic carbocycles. The lowest BCUT2D eigenvalue weighted by Crippen LogP contribution is -2.30. The topological polar surface area (TPSA) is 161 Å². The summed E-state index contributed by atoms with van der Waals surface area (Å²) in [6.07, 6.45) is 0. The van der Waals surface area contributed by atoms with Crippen LogP contribution in [0, 0.1) is 0 Å². The molecule has 0 unspecified atom stereocenters. The third-order valence-electron chi connectivity index (χ3n) is 9.48. The Morgan fingerprint density at radius 1 is 0.439 bits per heavy atom. The molecule has 17 heteroatoms. The van der Waals surface area contributed by atoms with E-state index in [1.807, 2.05) is 24.3 Å². The third-order valence-corrected chi connectivity index (χ3v) is 17.6. The summed E-state index contributed by atoms with van der Waals surface area (Å²) in [4.78, 5) is 56.6. The highest BCUT2D eigenvalue weighted by Crippen LogP contribution is 2.50. The minimum atomic E-state index is -4.44. The summed E-state index contributed by atoms with van der Waals surface area (Å²) >= 11 is 20.5. The predicted octanol–water partition coefficient (Wildman–Crippen LogP) is 11.2. The quantitative estimate of drug-likeness (QED) is 0.0947. The number of benzene rings is 6. The lowest BCUT2D eigenvalue weighted by Gasteiger charge is -2.22. The first-order chi connectivity index (χ1) is 27.0. The number of rotatable bonds is 6. The maximum Gasteiger partial charge on any atom is 0.266 e. The van der Waals surface area contributed by atoms with E-state index in [0.717, 1.165) is 20.9 Å². The SMILES string of the molecule is Nc1ccc(-c2ccc3c(c2)C(=O)N(c2cc(Br)c(S(=O)(=O)c4cc(Br)c(N5C(=O)c6ccc(-c7ccc(N)cc7)cc6C5=O)c(Br)c4Br)c(Br)c2Br)C3=O)cc1. The molecular formula is C40H20Br6N4O6S. The van der Waals surface area contributed by atoms with Gasteiger partial charge in [-0.2, -0.15) is 0 Å². The van der Waals surface area contributed by atoms with Gasteiger partial charge >= 0.3 is 0 Å². The van der Waals surface area contributed by atoms with E-state index in [9.17, 15) is 27.6 Å². The van der Waals surface area contributed by atoms with Gasteiger partial charge in [0.25, 0.3) is 23.6 Å². The van der Waals surface area contributed by atoms with Crippen molar-refractivity contribution in [2.45, 2.75) is 9.79 Å². The monoisotopic (exact) mass is 1160 g/mol. The van der Waals surface area contributed by atoms with Gasteiger partial charge in [0.15, 0.2) is 0 Å². The van der Waals surface area contributed by atoms with Crippen LogP contribution in [0.4, 0.5) is 22.7 Å². The average Bonchev–Trinajstić information content (AvgIpc) is 3.58. The maximum atomic E-state index is 14.6. The van der Waals surface area contributed by atoms with Crippen molar-refractivity contribution in [2.75, 3.05) is 21.3 Å². The van der Waals surface area contributed by atoms with Crippen LogP contribution in [0.1, 0.15) is 41.4 Å². The highest BCUT2D eigenvalue weighted by molar-refractivity contribution is 9.13. The Morgan fingerprint density at radius 3 is 1.39 bits per heavy atom. The van der Waals surface area contributed by atoms with Crippen LogP contribution < -0.4 is 21.3 Å². The van der Waals surface area contributed by atoms with Gasteiger partial charge in [0.05, 0.1) is 56.4 Å². The molecule has 8 rings (SSSR count). The minimum absolute atomic E-state index is 0.0199. The van der Waals surface area contributed by atoms with E-state index >= 15 is 0 Å². The molecule has 0 saturated heterocycles. The molecule has 2 aliphatic heterocycles. The molecule has 0 spiro atoms. The number of imide groups is 2. The van der Waals surface area contributed by atoms with Crippen molar-refractivity contribution in [3.63, 3.8) is 0 Å². The second-order valence-electron chi connectivity index (χ2n) is 12.8. The molecule has 2 aliphatic rings. The largest absolute Gasteiger partial charge is 0.399 e. The molecular weight excluding hydrogens is 1140 g/mol. The summed E-state index contributed by atoms with van der Waals surface area (Å²) in [7, 11) is -4.44. The zero-order valence-electron chi connectivity index (χ0n) is 28.4. The van der Waals surface area contributed by atoms with E-state index < -0.39 is 33.5 Å². The Hall–Kier alpha value is -3.97. The summed E-state index contributed by atoms with van der Waals surface area (Å²) in [5.41, 5.74) is 16.8. The third kappa shape index (κ3) is 6.46. The Balaban J connectivity index is 1.14. The molecule has 0 bridgehead atoms. The van der Waals surface area contributed by atoms with E-state index in [1.165, 1.54) is 12.1 Å². The summed E-state index contributed by atoms with van der Waals surface area (Å²) in [6, 6.07) is 26.7. The molecule has 0 aliphatic carbocycles.